The molecule has 4 nitrogen and oxygen atoms in total. The van der Waals surface area contributed by atoms with Crippen molar-refractivity contribution in [3.05, 3.63) is 29.6 Å². The number of hydrogen-bond donors (Lipinski definition) is 2. The molecule has 1 aromatic carbocycles. The Bertz CT molecular complexity index is 424. The maximum Gasteiger partial charge on any atom is 0.260 e. The Balaban J connectivity index is 2.64. The Morgan fingerprint density at radius 3 is 2.79 bits per heavy atom. The minimum atomic E-state index is -0.719. The van der Waals surface area contributed by atoms with E-state index in [4.69, 9.17) is 4.74 Å². The first-order valence-corrected chi connectivity index (χ1v) is 6.45. The number of hydrogen-bond acceptors (Lipinski definition) is 3. The van der Waals surface area contributed by atoms with Crippen molar-refractivity contribution in [2.45, 2.75) is 32.9 Å². The van der Waals surface area contributed by atoms with Crippen LogP contribution in [0.3, 0.4) is 0 Å². The molecule has 0 heterocycles. The molecule has 1 rings (SSSR count). The van der Waals surface area contributed by atoms with Gasteiger partial charge in [-0.3, -0.25) is 4.79 Å². The first-order valence-electron chi connectivity index (χ1n) is 6.45. The van der Waals surface area contributed by atoms with E-state index >= 15 is 0 Å². The molecule has 0 fully saturated rings. The summed E-state index contributed by atoms with van der Waals surface area (Å²) in [5.74, 6) is -0.644. The van der Waals surface area contributed by atoms with Crippen LogP contribution in [0.1, 0.15) is 25.8 Å². The lowest BCUT2D eigenvalue weighted by molar-refractivity contribution is -0.126. The maximum absolute atomic E-state index is 13.8. The molecule has 0 saturated carbocycles. The van der Waals surface area contributed by atoms with Crippen LogP contribution in [0.25, 0.3) is 0 Å². The van der Waals surface area contributed by atoms with Gasteiger partial charge in [0.2, 0.25) is 0 Å². The van der Waals surface area contributed by atoms with Crippen LogP contribution in [-0.2, 0) is 11.3 Å². The van der Waals surface area contributed by atoms with Crippen molar-refractivity contribution in [2.75, 3.05) is 13.6 Å². The molecule has 0 saturated heterocycles. The fourth-order valence-corrected chi connectivity index (χ4v) is 1.61. The van der Waals surface area contributed by atoms with Crippen molar-refractivity contribution in [3.8, 4) is 5.75 Å². The number of carbonyl (C=O) groups is 1. The molecule has 19 heavy (non-hydrogen) atoms. The van der Waals surface area contributed by atoms with Crippen LogP contribution in [0.15, 0.2) is 18.2 Å². The highest BCUT2D eigenvalue weighted by atomic mass is 19.1. The molecule has 5 heteroatoms. The number of rotatable bonds is 7. The van der Waals surface area contributed by atoms with E-state index in [1.165, 1.54) is 13.1 Å². The molecule has 1 atom stereocenters. The van der Waals surface area contributed by atoms with E-state index in [1.54, 1.807) is 19.1 Å². The molecule has 2 N–H and O–H groups in total. The molecule has 106 valence electrons. The van der Waals surface area contributed by atoms with Gasteiger partial charge < -0.3 is 15.4 Å². The Kier molecular flexibility index (Phi) is 6.29. The molecule has 0 aromatic heterocycles. The second-order valence-corrected chi connectivity index (χ2v) is 4.32. The molecular weight excluding hydrogens is 247 g/mol. The van der Waals surface area contributed by atoms with E-state index in [-0.39, 0.29) is 11.7 Å². The summed E-state index contributed by atoms with van der Waals surface area (Å²) in [7, 11) is 1.51. The van der Waals surface area contributed by atoms with Gasteiger partial charge in [-0.2, -0.15) is 0 Å². The molecule has 0 aliphatic carbocycles. The first-order chi connectivity index (χ1) is 9.08. The van der Waals surface area contributed by atoms with Crippen LogP contribution < -0.4 is 15.4 Å². The van der Waals surface area contributed by atoms with Gasteiger partial charge >= 0.3 is 0 Å². The van der Waals surface area contributed by atoms with Crippen molar-refractivity contribution in [1.29, 1.82) is 0 Å². The first kappa shape index (κ1) is 15.4. The van der Waals surface area contributed by atoms with Crippen molar-refractivity contribution in [2.24, 2.45) is 0 Å². The third-order valence-corrected chi connectivity index (χ3v) is 2.67. The predicted molar refractivity (Wildman–Crippen MR) is 72.6 cm³/mol. The summed E-state index contributed by atoms with van der Waals surface area (Å²) in [6.07, 6.45) is 0.316. The molecule has 0 spiro atoms. The van der Waals surface area contributed by atoms with Gasteiger partial charge in [0, 0.05) is 13.6 Å². The van der Waals surface area contributed by atoms with Gasteiger partial charge in [-0.15, -0.1) is 0 Å². The van der Waals surface area contributed by atoms with E-state index in [0.29, 0.717) is 6.54 Å². The Hall–Kier alpha value is -1.62. The lowest BCUT2D eigenvalue weighted by Gasteiger charge is -2.14. The number of ether oxygens (including phenoxy) is 1. The summed E-state index contributed by atoms with van der Waals surface area (Å²) in [5, 5.41) is 5.65. The van der Waals surface area contributed by atoms with Crippen molar-refractivity contribution in [1.82, 2.24) is 10.6 Å². The molecule has 1 unspecified atom stereocenters. The number of amides is 1. The fourth-order valence-electron chi connectivity index (χ4n) is 1.61. The topological polar surface area (TPSA) is 50.4 Å². The molecule has 0 bridgehead atoms. The maximum atomic E-state index is 13.8. The van der Waals surface area contributed by atoms with E-state index in [0.717, 1.165) is 18.5 Å². The molecule has 0 radical (unpaired) electrons. The van der Waals surface area contributed by atoms with E-state index < -0.39 is 11.9 Å². The van der Waals surface area contributed by atoms with Gasteiger partial charge in [0.05, 0.1) is 0 Å². The molecule has 0 aliphatic heterocycles. The van der Waals surface area contributed by atoms with Crippen LogP contribution in [0.5, 0.6) is 5.75 Å². The van der Waals surface area contributed by atoms with Gasteiger partial charge in [-0.25, -0.2) is 4.39 Å². The van der Waals surface area contributed by atoms with Gasteiger partial charge in [0.25, 0.3) is 5.91 Å². The molecule has 0 aliphatic rings. The van der Waals surface area contributed by atoms with Crippen molar-refractivity contribution in [3.63, 3.8) is 0 Å². The summed E-state index contributed by atoms with van der Waals surface area (Å²) in [6.45, 7) is 5.17. The van der Waals surface area contributed by atoms with E-state index in [2.05, 4.69) is 17.6 Å². The Labute approximate surface area is 113 Å². The summed E-state index contributed by atoms with van der Waals surface area (Å²) in [5.41, 5.74) is 0.853. The van der Waals surface area contributed by atoms with Gasteiger partial charge in [0.15, 0.2) is 17.7 Å². The summed E-state index contributed by atoms with van der Waals surface area (Å²) >= 11 is 0. The average Bonchev–Trinajstić information content (AvgIpc) is 2.41. The van der Waals surface area contributed by atoms with Gasteiger partial charge in [0.1, 0.15) is 0 Å². The largest absolute Gasteiger partial charge is 0.478 e. The normalized spacial score (nSPS) is 12.0. The highest BCUT2D eigenvalue weighted by Crippen LogP contribution is 2.19. The number of likely N-dealkylation sites (N-methyl/N-ethyl adjacent to an activating group) is 1. The fraction of sp³-hybridized carbons (Fsp3) is 0.500. The zero-order valence-corrected chi connectivity index (χ0v) is 11.6. The lowest BCUT2D eigenvalue weighted by atomic mass is 10.2. The van der Waals surface area contributed by atoms with E-state index in [1.807, 2.05) is 0 Å². The zero-order chi connectivity index (χ0) is 14.3. The molecular formula is C14H21FN2O2. The van der Waals surface area contributed by atoms with Crippen molar-refractivity contribution >= 4 is 5.91 Å². The highest BCUT2D eigenvalue weighted by Gasteiger charge is 2.15. The third kappa shape index (κ3) is 4.87. The highest BCUT2D eigenvalue weighted by molar-refractivity contribution is 5.80. The van der Waals surface area contributed by atoms with Crippen LogP contribution in [-0.4, -0.2) is 25.6 Å². The molecule has 1 aromatic rings. The third-order valence-electron chi connectivity index (χ3n) is 2.67. The number of halogens is 1. The second kappa shape index (κ2) is 7.74. The minimum absolute atomic E-state index is 0.0929. The van der Waals surface area contributed by atoms with Gasteiger partial charge in [-0.1, -0.05) is 13.0 Å². The summed E-state index contributed by atoms with van der Waals surface area (Å²) in [4.78, 5) is 11.3. The van der Waals surface area contributed by atoms with Crippen LogP contribution in [0.2, 0.25) is 0 Å². The Morgan fingerprint density at radius 1 is 1.47 bits per heavy atom. The van der Waals surface area contributed by atoms with Crippen LogP contribution in [0.4, 0.5) is 4.39 Å². The smallest absolute Gasteiger partial charge is 0.260 e. The lowest BCUT2D eigenvalue weighted by Crippen LogP contribution is -2.33. The van der Waals surface area contributed by atoms with Gasteiger partial charge in [-0.05, 0) is 37.6 Å². The summed E-state index contributed by atoms with van der Waals surface area (Å²) < 4.78 is 19.1. The zero-order valence-electron chi connectivity index (χ0n) is 11.6. The summed E-state index contributed by atoms with van der Waals surface area (Å²) in [6, 6.07) is 4.77. The SMILES string of the molecule is CCCNCc1ccc(OC(C)C(=O)NC)c(F)c1. The number of carbonyl (C=O) groups excluding carboxylic acids is 1. The standard InChI is InChI=1S/C14H21FN2O2/c1-4-7-17-9-11-5-6-13(12(15)8-11)19-10(2)14(18)16-3/h5-6,8,10,17H,4,7,9H2,1-3H3,(H,16,18). The quantitative estimate of drug-likeness (QED) is 0.742. The number of benzene rings is 1. The van der Waals surface area contributed by atoms with Crippen LogP contribution in [0, 0.1) is 5.82 Å². The predicted octanol–water partition coefficient (Wildman–Crippen LogP) is 1.84. The second-order valence-electron chi connectivity index (χ2n) is 4.32. The average molecular weight is 268 g/mol. The monoisotopic (exact) mass is 268 g/mol. The molecule has 1 amide bonds. The number of nitrogens with one attached hydrogen (secondary N) is 2. The Morgan fingerprint density at radius 2 is 2.21 bits per heavy atom. The van der Waals surface area contributed by atoms with E-state index in [9.17, 15) is 9.18 Å². The minimum Gasteiger partial charge on any atom is -0.478 e. The van der Waals surface area contributed by atoms with Crippen molar-refractivity contribution < 1.29 is 13.9 Å². The van der Waals surface area contributed by atoms with Crippen LogP contribution >= 0.6 is 0 Å².